The molecule has 0 aliphatic rings. The van der Waals surface area contributed by atoms with Crippen molar-refractivity contribution in [1.29, 1.82) is 0 Å². The van der Waals surface area contributed by atoms with Crippen molar-refractivity contribution in [3.63, 3.8) is 0 Å². The van der Waals surface area contributed by atoms with Crippen molar-refractivity contribution in [2.24, 2.45) is 0 Å². The Kier molecular flexibility index (Phi) is 10.9. The fraction of sp³-hybridized carbons (Fsp3) is 1.00. The molecule has 0 aliphatic heterocycles. The highest BCUT2D eigenvalue weighted by molar-refractivity contribution is 14.1. The molecule has 0 spiro atoms. The topological polar surface area (TPSA) is 27.7 Å². The molecule has 0 aromatic rings. The lowest BCUT2D eigenvalue weighted by molar-refractivity contribution is 0.123. The van der Waals surface area contributed by atoms with Gasteiger partial charge >= 0.3 is 8.80 Å². The zero-order chi connectivity index (χ0) is 12.4. The summed E-state index contributed by atoms with van der Waals surface area (Å²) in [4.78, 5) is 0. The smallest absolute Gasteiger partial charge is 0.377 e. The van der Waals surface area contributed by atoms with Crippen molar-refractivity contribution in [1.82, 2.24) is 0 Å². The van der Waals surface area contributed by atoms with Crippen molar-refractivity contribution in [2.75, 3.05) is 25.8 Å². The molecule has 1 unspecified atom stereocenters. The number of hydrogen-bond acceptors (Lipinski definition) is 4. The van der Waals surface area contributed by atoms with E-state index in [0.717, 1.165) is 12.5 Å². The van der Waals surface area contributed by atoms with Crippen molar-refractivity contribution in [2.45, 2.75) is 37.0 Å². The average Bonchev–Trinajstić information content (AvgIpc) is 2.32. The summed E-state index contributed by atoms with van der Waals surface area (Å²) in [5.41, 5.74) is 0. The van der Waals surface area contributed by atoms with E-state index in [4.69, 9.17) is 13.3 Å². The Bertz CT molecular complexity index is 162. The van der Waals surface area contributed by atoms with Gasteiger partial charge in [-0.2, -0.15) is 12.6 Å². The second-order valence-electron chi connectivity index (χ2n) is 3.69. The molecule has 0 saturated carbocycles. The van der Waals surface area contributed by atoms with Crippen molar-refractivity contribution in [3.8, 4) is 0 Å². The van der Waals surface area contributed by atoms with Crippen LogP contribution in [-0.4, -0.2) is 39.8 Å². The summed E-state index contributed by atoms with van der Waals surface area (Å²) in [6.07, 6.45) is 4.90. The van der Waals surface area contributed by atoms with Crippen LogP contribution in [0.5, 0.6) is 0 Å². The van der Waals surface area contributed by atoms with Gasteiger partial charge in [-0.3, -0.25) is 0 Å². The summed E-state index contributed by atoms with van der Waals surface area (Å²) >= 11 is 6.99. The zero-order valence-electron chi connectivity index (χ0n) is 10.4. The Balaban J connectivity index is 3.86. The van der Waals surface area contributed by atoms with Crippen molar-refractivity contribution in [3.05, 3.63) is 0 Å². The van der Waals surface area contributed by atoms with Crippen LogP contribution in [-0.2, 0) is 13.3 Å². The maximum absolute atomic E-state index is 5.38. The van der Waals surface area contributed by atoms with Gasteiger partial charge in [0.15, 0.2) is 0 Å². The minimum Gasteiger partial charge on any atom is -0.377 e. The Morgan fingerprint density at radius 1 is 1.06 bits per heavy atom. The highest BCUT2D eigenvalue weighted by Gasteiger charge is 2.39. The van der Waals surface area contributed by atoms with Gasteiger partial charge in [0.05, 0.1) is 0 Å². The first kappa shape index (κ1) is 17.2. The molecular formula is C10H23IO3SSi. The average molecular weight is 378 g/mol. The number of alkyl halides is 1. The first-order valence-electron chi connectivity index (χ1n) is 5.53. The molecule has 98 valence electrons. The van der Waals surface area contributed by atoms with Crippen LogP contribution < -0.4 is 0 Å². The minimum atomic E-state index is -2.43. The van der Waals surface area contributed by atoms with Gasteiger partial charge in [0.25, 0.3) is 0 Å². The molecule has 0 rings (SSSR count). The molecule has 0 heterocycles. The van der Waals surface area contributed by atoms with Crippen LogP contribution in [0, 0.1) is 0 Å². The van der Waals surface area contributed by atoms with Crippen LogP contribution in [0.3, 0.4) is 0 Å². The molecule has 1 atom stereocenters. The van der Waals surface area contributed by atoms with Crippen LogP contribution in [0.25, 0.3) is 0 Å². The summed E-state index contributed by atoms with van der Waals surface area (Å²) in [5, 5.41) is 0.306. The van der Waals surface area contributed by atoms with Gasteiger partial charge in [-0.05, 0) is 17.3 Å². The molecule has 0 amide bonds. The third-order valence-electron chi connectivity index (χ3n) is 2.59. The minimum absolute atomic E-state index is 0.306. The lowest BCUT2D eigenvalue weighted by Crippen LogP contribution is -2.44. The molecule has 0 aromatic carbocycles. The van der Waals surface area contributed by atoms with Gasteiger partial charge in [0.1, 0.15) is 0 Å². The first-order chi connectivity index (χ1) is 7.64. The number of thiol groups is 1. The second-order valence-corrected chi connectivity index (χ2v) is 8.50. The van der Waals surface area contributed by atoms with E-state index in [0.29, 0.717) is 5.25 Å². The molecule has 16 heavy (non-hydrogen) atoms. The summed E-state index contributed by atoms with van der Waals surface area (Å²) in [6.45, 7) is 0. The van der Waals surface area contributed by atoms with E-state index in [-0.39, 0.29) is 0 Å². The van der Waals surface area contributed by atoms with E-state index in [1.165, 1.54) is 23.7 Å². The number of hydrogen-bond donors (Lipinski definition) is 1. The normalized spacial score (nSPS) is 14.1. The molecule has 0 aromatic heterocycles. The van der Waals surface area contributed by atoms with E-state index in [2.05, 4.69) is 35.2 Å². The Morgan fingerprint density at radius 2 is 1.62 bits per heavy atom. The van der Waals surface area contributed by atoms with Crippen LogP contribution in [0.1, 0.15) is 25.7 Å². The Labute approximate surface area is 120 Å². The fourth-order valence-corrected chi connectivity index (χ4v) is 4.72. The molecule has 0 aliphatic carbocycles. The SMILES string of the molecule is CO[Si](CC(S)CCCCCI)(OC)OC. The standard InChI is InChI=1S/C10H23IO3SSi/c1-12-16(13-2,14-3)9-10(15)7-5-4-6-8-11/h10,15H,4-9H2,1-3H3. The first-order valence-corrected chi connectivity index (χ1v) is 9.51. The van der Waals surface area contributed by atoms with E-state index in [1.54, 1.807) is 21.3 Å². The summed E-state index contributed by atoms with van der Waals surface area (Å²) < 4.78 is 17.4. The lowest BCUT2D eigenvalue weighted by Gasteiger charge is -2.26. The van der Waals surface area contributed by atoms with Gasteiger partial charge in [-0.25, -0.2) is 0 Å². The molecule has 0 N–H and O–H groups in total. The Morgan fingerprint density at radius 3 is 2.06 bits per heavy atom. The molecule has 0 fully saturated rings. The highest BCUT2D eigenvalue weighted by Crippen LogP contribution is 2.22. The summed E-state index contributed by atoms with van der Waals surface area (Å²) in [7, 11) is 2.52. The van der Waals surface area contributed by atoms with Crippen molar-refractivity contribution >= 4 is 44.0 Å². The van der Waals surface area contributed by atoms with E-state index < -0.39 is 8.80 Å². The van der Waals surface area contributed by atoms with Crippen molar-refractivity contribution < 1.29 is 13.3 Å². The monoisotopic (exact) mass is 378 g/mol. The highest BCUT2D eigenvalue weighted by atomic mass is 127. The predicted molar refractivity (Wildman–Crippen MR) is 81.7 cm³/mol. The number of rotatable bonds is 10. The molecule has 3 nitrogen and oxygen atoms in total. The van der Waals surface area contributed by atoms with Gasteiger partial charge in [-0.1, -0.05) is 35.4 Å². The third kappa shape index (κ3) is 6.80. The number of unbranched alkanes of at least 4 members (excludes halogenated alkanes) is 2. The second kappa shape index (κ2) is 10.1. The van der Waals surface area contributed by atoms with E-state index in [1.807, 2.05) is 0 Å². The predicted octanol–water partition coefficient (Wildman–Crippen LogP) is 3.16. The molecular weight excluding hydrogens is 355 g/mol. The fourth-order valence-electron chi connectivity index (χ4n) is 1.54. The van der Waals surface area contributed by atoms with Gasteiger partial charge in [-0.15, -0.1) is 0 Å². The van der Waals surface area contributed by atoms with Gasteiger partial charge < -0.3 is 13.3 Å². The van der Waals surface area contributed by atoms with Crippen LogP contribution in [0.4, 0.5) is 0 Å². The van der Waals surface area contributed by atoms with Crippen LogP contribution in [0.2, 0.25) is 6.04 Å². The molecule has 0 saturated heterocycles. The van der Waals surface area contributed by atoms with E-state index >= 15 is 0 Å². The zero-order valence-corrected chi connectivity index (χ0v) is 14.4. The number of halogens is 1. The van der Waals surface area contributed by atoms with Gasteiger partial charge in [0, 0.05) is 32.6 Å². The van der Waals surface area contributed by atoms with E-state index in [9.17, 15) is 0 Å². The molecule has 6 heteroatoms. The maximum Gasteiger partial charge on any atom is 0.501 e. The molecule has 0 radical (unpaired) electrons. The Hall–Kier alpha value is 1.18. The maximum atomic E-state index is 5.38. The quantitative estimate of drug-likeness (QED) is 0.208. The van der Waals surface area contributed by atoms with Crippen LogP contribution in [0.15, 0.2) is 0 Å². The van der Waals surface area contributed by atoms with Crippen LogP contribution >= 0.6 is 35.2 Å². The summed E-state index contributed by atoms with van der Waals surface area (Å²) in [6, 6.07) is 0.782. The largest absolute Gasteiger partial charge is 0.501 e. The molecule has 0 bridgehead atoms. The van der Waals surface area contributed by atoms with Gasteiger partial charge in [0.2, 0.25) is 0 Å². The summed E-state index contributed by atoms with van der Waals surface area (Å²) in [5.74, 6) is 0. The lowest BCUT2D eigenvalue weighted by atomic mass is 10.2. The third-order valence-corrected chi connectivity index (χ3v) is 7.00.